The lowest BCUT2D eigenvalue weighted by molar-refractivity contribution is -0.114. The molecular weight excluding hydrogens is 492 g/mol. The lowest BCUT2D eigenvalue weighted by Gasteiger charge is -2.22. The van der Waals surface area contributed by atoms with Crippen molar-refractivity contribution in [1.82, 2.24) is 0 Å². The van der Waals surface area contributed by atoms with E-state index in [0.29, 0.717) is 27.9 Å². The van der Waals surface area contributed by atoms with E-state index in [0.717, 1.165) is 21.0 Å². The summed E-state index contributed by atoms with van der Waals surface area (Å²) in [6, 6.07) is 21.6. The number of thioether (sulfide) groups is 1. The van der Waals surface area contributed by atoms with Crippen LogP contribution in [-0.2, 0) is 20.6 Å². The second-order valence-electron chi connectivity index (χ2n) is 7.89. The van der Waals surface area contributed by atoms with Gasteiger partial charge < -0.3 is 10.1 Å². The highest BCUT2D eigenvalue weighted by atomic mass is 35.5. The number of benzene rings is 3. The highest BCUT2D eigenvalue weighted by Crippen LogP contribution is 2.30. The molecule has 34 heavy (non-hydrogen) atoms. The van der Waals surface area contributed by atoms with Gasteiger partial charge in [0, 0.05) is 15.7 Å². The molecule has 0 fully saturated rings. The molecule has 180 valence electrons. The van der Waals surface area contributed by atoms with Crippen molar-refractivity contribution in [3.05, 3.63) is 83.4 Å². The Morgan fingerprint density at radius 1 is 1.03 bits per heavy atom. The van der Waals surface area contributed by atoms with Gasteiger partial charge in [-0.2, -0.15) is 0 Å². The third-order valence-electron chi connectivity index (χ3n) is 4.65. The Labute approximate surface area is 210 Å². The van der Waals surface area contributed by atoms with E-state index in [9.17, 15) is 13.2 Å². The zero-order chi connectivity index (χ0) is 24.7. The monoisotopic (exact) mass is 518 g/mol. The van der Waals surface area contributed by atoms with E-state index in [1.165, 1.54) is 0 Å². The average Bonchev–Trinajstić information content (AvgIpc) is 2.77. The fraction of sp³-hybridized carbons (Fsp3) is 0.240. The molecule has 1 amide bonds. The van der Waals surface area contributed by atoms with Gasteiger partial charge in [-0.3, -0.25) is 9.10 Å². The van der Waals surface area contributed by atoms with Crippen LogP contribution in [0.4, 0.5) is 11.4 Å². The van der Waals surface area contributed by atoms with Crippen molar-refractivity contribution in [2.24, 2.45) is 0 Å². The second-order valence-corrected chi connectivity index (χ2v) is 11.3. The molecule has 0 aliphatic rings. The van der Waals surface area contributed by atoms with Crippen LogP contribution in [0.15, 0.2) is 77.7 Å². The fourth-order valence-electron chi connectivity index (χ4n) is 3.12. The van der Waals surface area contributed by atoms with Crippen molar-refractivity contribution in [3.8, 4) is 5.75 Å². The zero-order valence-electron chi connectivity index (χ0n) is 19.2. The molecule has 6 nitrogen and oxygen atoms in total. The maximum Gasteiger partial charge on any atom is 0.245 e. The molecule has 0 heterocycles. The van der Waals surface area contributed by atoms with E-state index in [1.807, 2.05) is 56.3 Å². The molecule has 3 aromatic carbocycles. The minimum absolute atomic E-state index is 0.000248. The Morgan fingerprint density at radius 2 is 1.68 bits per heavy atom. The van der Waals surface area contributed by atoms with Crippen LogP contribution >= 0.6 is 23.4 Å². The minimum Gasteiger partial charge on any atom is -0.491 e. The first kappa shape index (κ1) is 25.9. The third-order valence-corrected chi connectivity index (χ3v) is 7.19. The van der Waals surface area contributed by atoms with E-state index < -0.39 is 15.9 Å². The first-order chi connectivity index (χ1) is 16.1. The number of nitrogens with zero attached hydrogens (tertiary/aromatic N) is 1. The van der Waals surface area contributed by atoms with Crippen molar-refractivity contribution in [1.29, 1.82) is 0 Å². The van der Waals surface area contributed by atoms with Crippen LogP contribution in [0.3, 0.4) is 0 Å². The number of anilines is 2. The molecule has 0 radical (unpaired) electrons. The van der Waals surface area contributed by atoms with Gasteiger partial charge in [0.1, 0.15) is 12.3 Å². The Balaban J connectivity index is 1.71. The molecule has 0 bridgehead atoms. The number of amides is 1. The lowest BCUT2D eigenvalue weighted by atomic mass is 10.2. The number of carbonyl (C=O) groups excluding carboxylic acids is 1. The van der Waals surface area contributed by atoms with Gasteiger partial charge in [0.25, 0.3) is 0 Å². The first-order valence-electron chi connectivity index (χ1n) is 10.6. The van der Waals surface area contributed by atoms with Gasteiger partial charge >= 0.3 is 0 Å². The molecule has 1 N–H and O–H groups in total. The third kappa shape index (κ3) is 7.68. The number of halogens is 1. The molecule has 0 atom stereocenters. The van der Waals surface area contributed by atoms with E-state index in [1.54, 1.807) is 42.1 Å². The number of para-hydroxylation sites is 1. The summed E-state index contributed by atoms with van der Waals surface area (Å²) >= 11 is 7.52. The van der Waals surface area contributed by atoms with E-state index in [2.05, 4.69) is 5.32 Å². The summed E-state index contributed by atoms with van der Waals surface area (Å²) in [5.41, 5.74) is 2.11. The van der Waals surface area contributed by atoms with Crippen molar-refractivity contribution < 1.29 is 17.9 Å². The van der Waals surface area contributed by atoms with Gasteiger partial charge in [-0.1, -0.05) is 35.9 Å². The zero-order valence-corrected chi connectivity index (χ0v) is 21.6. The number of nitrogens with one attached hydrogen (secondary N) is 1. The fourth-order valence-corrected chi connectivity index (χ4v) is 5.07. The highest BCUT2D eigenvalue weighted by Gasteiger charge is 2.21. The molecule has 3 aromatic rings. The smallest absolute Gasteiger partial charge is 0.245 e. The first-order valence-corrected chi connectivity index (χ1v) is 13.8. The molecule has 9 heteroatoms. The Kier molecular flexibility index (Phi) is 8.88. The van der Waals surface area contributed by atoms with Gasteiger partial charge in [-0.05, 0) is 67.9 Å². The number of sulfonamides is 1. The second kappa shape index (κ2) is 11.6. The quantitative estimate of drug-likeness (QED) is 0.342. The van der Waals surface area contributed by atoms with Crippen molar-refractivity contribution >= 4 is 50.7 Å². The van der Waals surface area contributed by atoms with E-state index in [4.69, 9.17) is 16.3 Å². The van der Waals surface area contributed by atoms with Crippen LogP contribution in [0.1, 0.15) is 19.4 Å². The van der Waals surface area contributed by atoms with Gasteiger partial charge in [0.05, 0.1) is 23.7 Å². The maximum atomic E-state index is 12.9. The van der Waals surface area contributed by atoms with Gasteiger partial charge in [0.15, 0.2) is 0 Å². The maximum absolute atomic E-state index is 12.9. The molecule has 0 saturated carbocycles. The molecule has 0 aliphatic carbocycles. The Bertz CT molecular complexity index is 1210. The average molecular weight is 519 g/mol. The normalized spacial score (nSPS) is 11.3. The molecule has 0 aromatic heterocycles. The van der Waals surface area contributed by atoms with E-state index in [-0.39, 0.29) is 12.6 Å². The summed E-state index contributed by atoms with van der Waals surface area (Å²) in [7, 11) is -3.69. The van der Waals surface area contributed by atoms with Crippen LogP contribution in [0.5, 0.6) is 5.75 Å². The largest absolute Gasteiger partial charge is 0.491 e. The number of hydrogen-bond donors (Lipinski definition) is 1. The van der Waals surface area contributed by atoms with Crippen molar-refractivity contribution in [2.75, 3.05) is 22.4 Å². The summed E-state index contributed by atoms with van der Waals surface area (Å²) < 4.78 is 31.6. The van der Waals surface area contributed by atoms with E-state index >= 15 is 0 Å². The highest BCUT2D eigenvalue weighted by molar-refractivity contribution is 7.98. The summed E-state index contributed by atoms with van der Waals surface area (Å²) in [6.45, 7) is 3.47. The number of carbonyl (C=O) groups is 1. The predicted octanol–water partition coefficient (Wildman–Crippen LogP) is 5.82. The summed E-state index contributed by atoms with van der Waals surface area (Å²) in [5.74, 6) is 0.889. The molecule has 0 spiro atoms. The number of ether oxygens (including phenoxy) is 1. The van der Waals surface area contributed by atoms with Crippen molar-refractivity contribution in [2.45, 2.75) is 30.6 Å². The molecule has 0 unspecified atom stereocenters. The van der Waals surface area contributed by atoms with Gasteiger partial charge in [0.2, 0.25) is 15.9 Å². The molecule has 3 rings (SSSR count). The molecule has 0 saturated heterocycles. The van der Waals surface area contributed by atoms with Crippen LogP contribution in [0, 0.1) is 0 Å². The topological polar surface area (TPSA) is 75.7 Å². The standard InChI is InChI=1S/C25H27ClN2O4S2/c1-18(2)32-22-14-12-21(13-15-22)28(34(3,30)31)16-25(29)27-23-6-4-5-7-24(23)33-17-19-8-10-20(26)11-9-19/h4-15,18H,16-17H2,1-3H3,(H,27,29). The number of rotatable bonds is 10. The predicted molar refractivity (Wildman–Crippen MR) is 140 cm³/mol. The van der Waals surface area contributed by atoms with Crippen LogP contribution in [0.2, 0.25) is 5.02 Å². The SMILES string of the molecule is CC(C)Oc1ccc(N(CC(=O)Nc2ccccc2SCc2ccc(Cl)cc2)S(C)(=O)=O)cc1. The van der Waals surface area contributed by atoms with Crippen LogP contribution in [-0.4, -0.2) is 33.2 Å². The number of hydrogen-bond acceptors (Lipinski definition) is 5. The Morgan fingerprint density at radius 3 is 2.29 bits per heavy atom. The summed E-state index contributed by atoms with van der Waals surface area (Å²) in [4.78, 5) is 13.7. The summed E-state index contributed by atoms with van der Waals surface area (Å²) in [5, 5.41) is 3.53. The van der Waals surface area contributed by atoms with Gasteiger partial charge in [-0.25, -0.2) is 8.42 Å². The molecule has 0 aliphatic heterocycles. The van der Waals surface area contributed by atoms with Gasteiger partial charge in [-0.15, -0.1) is 11.8 Å². The molecular formula is C25H27ClN2O4S2. The van der Waals surface area contributed by atoms with Crippen LogP contribution < -0.4 is 14.4 Å². The summed E-state index contributed by atoms with van der Waals surface area (Å²) in [6.07, 6.45) is 1.08. The Hall–Kier alpha value is -2.68. The lowest BCUT2D eigenvalue weighted by Crippen LogP contribution is -2.37. The minimum atomic E-state index is -3.69. The van der Waals surface area contributed by atoms with Crippen molar-refractivity contribution in [3.63, 3.8) is 0 Å². The van der Waals surface area contributed by atoms with Crippen LogP contribution in [0.25, 0.3) is 0 Å².